The molecule has 0 atom stereocenters. The summed E-state index contributed by atoms with van der Waals surface area (Å²) >= 11 is 0. The number of aryl methyl sites for hydroxylation is 1. The highest BCUT2D eigenvalue weighted by Gasteiger charge is 2.32. The number of nitrogens with zero attached hydrogens (tertiary/aromatic N) is 2. The molecular formula is C14H25N3O. The number of anilines is 1. The van der Waals surface area contributed by atoms with E-state index in [1.165, 1.54) is 0 Å². The average Bonchev–Trinajstić information content (AvgIpc) is 2.38. The van der Waals surface area contributed by atoms with Gasteiger partial charge in [-0.05, 0) is 33.6 Å². The smallest absolute Gasteiger partial charge is 0.162 e. The van der Waals surface area contributed by atoms with Gasteiger partial charge < -0.3 is 10.1 Å². The zero-order chi connectivity index (χ0) is 13.8. The molecular weight excluding hydrogens is 226 g/mol. The molecule has 4 nitrogen and oxygen atoms in total. The molecule has 1 heterocycles. The van der Waals surface area contributed by atoms with E-state index in [-0.39, 0.29) is 5.60 Å². The van der Waals surface area contributed by atoms with Crippen LogP contribution >= 0.6 is 0 Å². The van der Waals surface area contributed by atoms with Crippen molar-refractivity contribution in [2.45, 2.75) is 53.1 Å². The summed E-state index contributed by atoms with van der Waals surface area (Å²) < 4.78 is 5.70. The summed E-state index contributed by atoms with van der Waals surface area (Å²) in [5, 5.41) is 3.29. The highest BCUT2D eigenvalue weighted by atomic mass is 16.5. The molecule has 0 unspecified atom stereocenters. The molecule has 1 aromatic rings. The zero-order valence-corrected chi connectivity index (χ0v) is 12.4. The SMILES string of the molecule is CCNc1nc(C(CC)(CC)OC)nc(C)c1C. The number of aromatic nitrogens is 2. The van der Waals surface area contributed by atoms with Crippen LogP contribution in [0.5, 0.6) is 0 Å². The number of rotatable bonds is 6. The van der Waals surface area contributed by atoms with E-state index in [9.17, 15) is 0 Å². The molecule has 0 fully saturated rings. The molecule has 0 radical (unpaired) electrons. The minimum absolute atomic E-state index is 0.372. The van der Waals surface area contributed by atoms with Gasteiger partial charge in [-0.25, -0.2) is 9.97 Å². The van der Waals surface area contributed by atoms with Crippen LogP contribution in [0.2, 0.25) is 0 Å². The Labute approximate surface area is 110 Å². The van der Waals surface area contributed by atoms with Gasteiger partial charge in [-0.15, -0.1) is 0 Å². The van der Waals surface area contributed by atoms with Crippen molar-refractivity contribution >= 4 is 5.82 Å². The Morgan fingerprint density at radius 1 is 1.11 bits per heavy atom. The van der Waals surface area contributed by atoms with Crippen molar-refractivity contribution < 1.29 is 4.74 Å². The van der Waals surface area contributed by atoms with Gasteiger partial charge in [0.15, 0.2) is 5.82 Å². The van der Waals surface area contributed by atoms with Crippen LogP contribution in [0.15, 0.2) is 0 Å². The molecule has 0 aliphatic rings. The van der Waals surface area contributed by atoms with Crippen LogP contribution in [0.1, 0.15) is 50.7 Å². The summed E-state index contributed by atoms with van der Waals surface area (Å²) in [6.45, 7) is 11.2. The zero-order valence-electron chi connectivity index (χ0n) is 12.4. The predicted octanol–water partition coefficient (Wildman–Crippen LogP) is 3.19. The Morgan fingerprint density at radius 3 is 2.17 bits per heavy atom. The first-order valence-corrected chi connectivity index (χ1v) is 6.69. The van der Waals surface area contributed by atoms with Crippen LogP contribution in [-0.2, 0) is 10.3 Å². The van der Waals surface area contributed by atoms with Gasteiger partial charge >= 0.3 is 0 Å². The molecule has 0 aliphatic heterocycles. The third-order valence-corrected chi connectivity index (χ3v) is 3.67. The molecule has 1 N–H and O–H groups in total. The molecule has 18 heavy (non-hydrogen) atoms. The molecule has 102 valence electrons. The van der Waals surface area contributed by atoms with Crippen LogP contribution in [0.3, 0.4) is 0 Å². The molecule has 1 aromatic heterocycles. The second-order valence-electron chi connectivity index (χ2n) is 4.54. The van der Waals surface area contributed by atoms with Crippen LogP contribution in [0.4, 0.5) is 5.82 Å². The Hall–Kier alpha value is -1.16. The highest BCUT2D eigenvalue weighted by molar-refractivity contribution is 5.45. The summed E-state index contributed by atoms with van der Waals surface area (Å²) in [7, 11) is 1.73. The lowest BCUT2D eigenvalue weighted by atomic mass is 9.95. The first-order valence-electron chi connectivity index (χ1n) is 6.69. The summed E-state index contributed by atoms with van der Waals surface area (Å²) in [4.78, 5) is 9.29. The Morgan fingerprint density at radius 2 is 1.72 bits per heavy atom. The molecule has 0 saturated heterocycles. The van der Waals surface area contributed by atoms with E-state index < -0.39 is 0 Å². The van der Waals surface area contributed by atoms with Crippen LogP contribution in [0.25, 0.3) is 0 Å². The van der Waals surface area contributed by atoms with E-state index in [1.54, 1.807) is 7.11 Å². The molecule has 1 rings (SSSR count). The second-order valence-corrected chi connectivity index (χ2v) is 4.54. The second kappa shape index (κ2) is 6.14. The van der Waals surface area contributed by atoms with E-state index in [0.29, 0.717) is 0 Å². The van der Waals surface area contributed by atoms with Crippen molar-refractivity contribution in [3.63, 3.8) is 0 Å². The van der Waals surface area contributed by atoms with Crippen molar-refractivity contribution in [2.75, 3.05) is 19.0 Å². The van der Waals surface area contributed by atoms with E-state index in [2.05, 4.69) is 36.1 Å². The molecule has 0 bridgehead atoms. The van der Waals surface area contributed by atoms with Gasteiger partial charge in [-0.2, -0.15) is 0 Å². The molecule has 0 amide bonds. The van der Waals surface area contributed by atoms with Crippen LogP contribution in [0, 0.1) is 13.8 Å². The van der Waals surface area contributed by atoms with Gasteiger partial charge in [0.05, 0.1) is 0 Å². The summed E-state index contributed by atoms with van der Waals surface area (Å²) in [6, 6.07) is 0. The maximum atomic E-state index is 5.70. The lowest BCUT2D eigenvalue weighted by molar-refractivity contribution is -0.0291. The number of methoxy groups -OCH3 is 1. The third kappa shape index (κ3) is 2.64. The quantitative estimate of drug-likeness (QED) is 0.843. The summed E-state index contributed by atoms with van der Waals surface area (Å²) in [6.07, 6.45) is 1.74. The van der Waals surface area contributed by atoms with Crippen molar-refractivity contribution in [1.82, 2.24) is 9.97 Å². The standard InChI is InChI=1S/C14H25N3O/c1-7-14(8-2,18-6)13-16-11(5)10(4)12(17-13)15-9-3/h7-9H2,1-6H3,(H,15,16,17). The number of hydrogen-bond donors (Lipinski definition) is 1. The number of ether oxygens (including phenoxy) is 1. The normalized spacial score (nSPS) is 11.7. The monoisotopic (exact) mass is 251 g/mol. The fourth-order valence-electron chi connectivity index (χ4n) is 2.12. The fraction of sp³-hybridized carbons (Fsp3) is 0.714. The predicted molar refractivity (Wildman–Crippen MR) is 74.9 cm³/mol. The molecule has 0 aromatic carbocycles. The number of hydrogen-bond acceptors (Lipinski definition) is 4. The van der Waals surface area contributed by atoms with Crippen molar-refractivity contribution in [3.8, 4) is 0 Å². The molecule has 4 heteroatoms. The maximum absolute atomic E-state index is 5.70. The lowest BCUT2D eigenvalue weighted by Crippen LogP contribution is -2.30. The van der Waals surface area contributed by atoms with E-state index >= 15 is 0 Å². The van der Waals surface area contributed by atoms with Crippen LogP contribution < -0.4 is 5.32 Å². The molecule has 0 aliphatic carbocycles. The van der Waals surface area contributed by atoms with Crippen molar-refractivity contribution in [2.24, 2.45) is 0 Å². The highest BCUT2D eigenvalue weighted by Crippen LogP contribution is 2.31. The van der Waals surface area contributed by atoms with Gasteiger partial charge in [0.25, 0.3) is 0 Å². The van der Waals surface area contributed by atoms with E-state index in [4.69, 9.17) is 4.74 Å². The minimum atomic E-state index is -0.372. The molecule has 0 spiro atoms. The van der Waals surface area contributed by atoms with E-state index in [0.717, 1.165) is 42.3 Å². The maximum Gasteiger partial charge on any atom is 0.162 e. The van der Waals surface area contributed by atoms with Crippen molar-refractivity contribution in [1.29, 1.82) is 0 Å². The lowest BCUT2D eigenvalue weighted by Gasteiger charge is -2.29. The Kier molecular flexibility index (Phi) is 5.08. The first-order chi connectivity index (χ1) is 8.54. The largest absolute Gasteiger partial charge is 0.370 e. The minimum Gasteiger partial charge on any atom is -0.370 e. The number of nitrogens with one attached hydrogen (secondary N) is 1. The average molecular weight is 251 g/mol. The summed E-state index contributed by atoms with van der Waals surface area (Å²) in [5.74, 6) is 1.71. The van der Waals surface area contributed by atoms with Gasteiger partial charge in [0.2, 0.25) is 0 Å². The molecule has 0 saturated carbocycles. The fourth-order valence-corrected chi connectivity index (χ4v) is 2.12. The summed E-state index contributed by atoms with van der Waals surface area (Å²) in [5.41, 5.74) is 1.75. The Bertz CT molecular complexity index is 392. The first kappa shape index (κ1) is 14.9. The third-order valence-electron chi connectivity index (χ3n) is 3.67. The Balaban J connectivity index is 3.32. The topological polar surface area (TPSA) is 47.0 Å². The van der Waals surface area contributed by atoms with Gasteiger partial charge in [-0.3, -0.25) is 0 Å². The van der Waals surface area contributed by atoms with E-state index in [1.807, 2.05) is 13.8 Å². The van der Waals surface area contributed by atoms with Gasteiger partial charge in [0, 0.05) is 24.9 Å². The van der Waals surface area contributed by atoms with Crippen molar-refractivity contribution in [3.05, 3.63) is 17.1 Å². The van der Waals surface area contributed by atoms with Gasteiger partial charge in [0.1, 0.15) is 11.4 Å². The van der Waals surface area contributed by atoms with Gasteiger partial charge in [-0.1, -0.05) is 13.8 Å². The van der Waals surface area contributed by atoms with Crippen LogP contribution in [-0.4, -0.2) is 23.6 Å².